The van der Waals surface area contributed by atoms with Crippen molar-refractivity contribution in [2.45, 2.75) is 173 Å². The van der Waals surface area contributed by atoms with Crippen LogP contribution in [0.5, 0.6) is 0 Å². The standard InChI is InChI=1S/C16H22N2O3.C11H14BrNO2.C10H13N3O.C10H17NO3.C8H13NO3.C7H8F3NO2.C3H9OS.HI/c1-15(2,3)21-14(19)9-12-5-4-6-13(17-12)18-10-16(11-18)7-8-20-16;1-11(2,3)15-10(14)7-8-5-4-6-9(12)13-8;11-8-2-1-3-9(12-8)13-6-10(7-13)4-5-14-10;1-9(2,3)14-8(12)11-6-10(7-11)4-5-13-10;1-8(2,3)12-7(11)9-4-6(10)5-9;8-7(9,10)5(12)11-3-6(4-11)1-2-13-6;1-5(2,3)4;/h4-6H,7-11H2,1-3H3;4-6H,7H2,1-3H3;1-3H,4-7H2,(H2,11,12);4-7H2,1-3H3;4-5H2,1-3H3;1-4H2;1-3H3;1H/q;;;;;;+1;/p-1. The molecule has 4 spiro atoms. The quantitative estimate of drug-likeness (QED) is 0.106. The highest BCUT2D eigenvalue weighted by Gasteiger charge is 2.56. The number of halogens is 5. The molecule has 532 valence electrons. The van der Waals surface area contributed by atoms with Crippen LogP contribution in [-0.4, -0.2) is 227 Å². The molecule has 0 unspecified atom stereocenters. The van der Waals surface area contributed by atoms with Gasteiger partial charge in [-0.15, -0.1) is 4.21 Å². The van der Waals surface area contributed by atoms with Crippen molar-refractivity contribution in [3.8, 4) is 0 Å². The number of anilines is 3. The minimum atomic E-state index is -4.74. The molecule has 12 heterocycles. The monoisotopic (exact) mass is 1540 g/mol. The van der Waals surface area contributed by atoms with Crippen molar-refractivity contribution < 1.29 is 108 Å². The van der Waals surface area contributed by atoms with Gasteiger partial charge in [-0.1, -0.05) is 18.2 Å². The first-order valence-corrected chi connectivity index (χ1v) is 34.8. The summed E-state index contributed by atoms with van der Waals surface area (Å²) >= 11 is 3.25. The van der Waals surface area contributed by atoms with Gasteiger partial charge >= 0.3 is 36.2 Å². The molecule has 0 radical (unpaired) electrons. The summed E-state index contributed by atoms with van der Waals surface area (Å²) in [7, 11) is -1.42. The average molecular weight is 1540 g/mol. The maximum Gasteiger partial charge on any atom is 0.471 e. The van der Waals surface area contributed by atoms with Crippen LogP contribution in [0.1, 0.15) is 120 Å². The number of nitrogens with two attached hydrogens (primary N) is 1. The number of ether oxygens (including phenoxy) is 8. The zero-order valence-electron chi connectivity index (χ0n) is 57.4. The van der Waals surface area contributed by atoms with Crippen molar-refractivity contribution >= 4 is 79.1 Å². The van der Waals surface area contributed by atoms with E-state index in [0.717, 1.165) is 92.1 Å². The van der Waals surface area contributed by atoms with Crippen LogP contribution in [0.25, 0.3) is 0 Å². The topological polar surface area (TPSA) is 274 Å². The largest absolute Gasteiger partial charge is 1.00 e. The fourth-order valence-corrected chi connectivity index (χ4v) is 10.4. The Labute approximate surface area is 582 Å². The third-order valence-corrected chi connectivity index (χ3v) is 15.2. The molecule has 2 N–H and O–H groups in total. The number of Topliss-reactive ketones (excluding diaryl/α,β-unsaturated/α-hetero) is 1. The Morgan fingerprint density at radius 1 is 0.526 bits per heavy atom. The van der Waals surface area contributed by atoms with Crippen LogP contribution >= 0.6 is 15.9 Å². The van der Waals surface area contributed by atoms with E-state index in [0.29, 0.717) is 31.2 Å². The lowest BCUT2D eigenvalue weighted by atomic mass is 9.86. The van der Waals surface area contributed by atoms with Gasteiger partial charge < -0.3 is 87.2 Å². The Kier molecular flexibility index (Phi) is 27.0. The second-order valence-electron chi connectivity index (χ2n) is 29.3. The fourth-order valence-electron chi connectivity index (χ4n) is 10.1. The average Bonchev–Trinajstić information content (AvgIpc) is 0.773. The highest BCUT2D eigenvalue weighted by molar-refractivity contribution is 9.10. The highest BCUT2D eigenvalue weighted by atomic mass is 127. The highest BCUT2D eigenvalue weighted by Crippen LogP contribution is 2.41. The number of rotatable bonds is 6. The molecule has 95 heavy (non-hydrogen) atoms. The summed E-state index contributed by atoms with van der Waals surface area (Å²) in [6, 6.07) is 17.0. The predicted octanol–water partition coefficient (Wildman–Crippen LogP) is 5.45. The third-order valence-electron chi connectivity index (χ3n) is 14.7. The molecule has 0 saturated carbocycles. The number of aromatic nitrogens is 3. The number of ketones is 1. The van der Waals surface area contributed by atoms with Crippen LogP contribution in [0.3, 0.4) is 0 Å². The number of alkyl halides is 3. The molecule has 3 aromatic heterocycles. The van der Waals surface area contributed by atoms with Crippen LogP contribution in [0.15, 0.2) is 59.2 Å². The van der Waals surface area contributed by atoms with Crippen LogP contribution in [0.4, 0.5) is 40.2 Å². The summed E-state index contributed by atoms with van der Waals surface area (Å²) in [5.41, 5.74) is 5.11. The van der Waals surface area contributed by atoms with Crippen molar-refractivity contribution in [3.63, 3.8) is 0 Å². The van der Waals surface area contributed by atoms with E-state index in [2.05, 4.69) is 40.7 Å². The van der Waals surface area contributed by atoms with Gasteiger partial charge in [0, 0.05) is 25.7 Å². The van der Waals surface area contributed by atoms with E-state index in [1.807, 2.05) is 105 Å². The smallest absolute Gasteiger partial charge is 0.471 e. The van der Waals surface area contributed by atoms with Gasteiger partial charge in [0.1, 0.15) is 85.6 Å². The lowest BCUT2D eigenvalue weighted by Crippen LogP contribution is -3.00. The number of esters is 2. The molecule has 0 aromatic carbocycles. The number of hydrogen-bond donors (Lipinski definition) is 1. The Balaban J connectivity index is 0.000000205. The first-order valence-electron chi connectivity index (χ1n) is 31.2. The Bertz CT molecular complexity index is 3140. The fraction of sp³-hybridized carbons (Fsp3) is 0.677. The molecule has 24 nitrogen and oxygen atoms in total. The Morgan fingerprint density at radius 2 is 0.853 bits per heavy atom. The van der Waals surface area contributed by atoms with E-state index >= 15 is 0 Å². The van der Waals surface area contributed by atoms with Gasteiger partial charge in [0.2, 0.25) is 0 Å². The van der Waals surface area contributed by atoms with Gasteiger partial charge in [-0.25, -0.2) is 24.5 Å². The first-order chi connectivity index (χ1) is 43.2. The number of carbonyl (C=O) groups is 6. The lowest BCUT2D eigenvalue weighted by Gasteiger charge is -2.55. The van der Waals surface area contributed by atoms with Crippen molar-refractivity contribution in [1.82, 2.24) is 29.7 Å². The molecule has 9 aliphatic heterocycles. The third kappa shape index (κ3) is 26.3. The van der Waals surface area contributed by atoms with Crippen molar-refractivity contribution in [2.24, 2.45) is 0 Å². The second-order valence-corrected chi connectivity index (χ2v) is 33.6. The summed E-state index contributed by atoms with van der Waals surface area (Å²) in [4.78, 5) is 88.4. The Hall–Kier alpha value is -5.54. The molecule has 30 heteroatoms. The SMILES string of the molecule is CC(C)(C)OC(=O)Cc1cccc(Br)n1.CC(C)(C)OC(=O)Cc1cccc(N2CC3(CCO3)C2)n1.CC(C)(C)OC(=O)N1CC(=O)C1.CC(C)(C)OC(=O)N1CC2(CCO2)C1.C[S+](C)(C)=O.Nc1cccc(N2CC3(CCO3)C2)n1.O=C(N1CC2(CCO2)C1)C(F)(F)F.[I-]. The van der Waals surface area contributed by atoms with E-state index in [4.69, 9.17) is 43.6 Å². The number of pyridine rings is 3. The minimum Gasteiger partial charge on any atom is -1.00 e. The van der Waals surface area contributed by atoms with E-state index in [1.54, 1.807) is 56.6 Å². The van der Waals surface area contributed by atoms with E-state index in [-0.39, 0.29) is 104 Å². The summed E-state index contributed by atoms with van der Waals surface area (Å²) in [5.74, 6) is 0.290. The minimum absolute atomic E-state index is 0. The molecular formula is C65H96BrF3IN9O15S. The van der Waals surface area contributed by atoms with Crippen LogP contribution in [0.2, 0.25) is 0 Å². The summed E-state index contributed by atoms with van der Waals surface area (Å²) in [6.45, 7) is 31.1. The van der Waals surface area contributed by atoms with Crippen molar-refractivity contribution in [3.05, 3.63) is 70.6 Å². The van der Waals surface area contributed by atoms with Gasteiger partial charge in [-0.2, -0.15) is 13.2 Å². The van der Waals surface area contributed by atoms with Crippen molar-refractivity contribution in [1.29, 1.82) is 0 Å². The zero-order valence-corrected chi connectivity index (χ0v) is 62.0. The maximum atomic E-state index is 11.9. The summed E-state index contributed by atoms with van der Waals surface area (Å²) < 4.78 is 88.9. The van der Waals surface area contributed by atoms with Gasteiger partial charge in [-0.05, 0) is 135 Å². The molecule has 3 aromatic rings. The molecule has 3 amide bonds. The Morgan fingerprint density at radius 3 is 1.18 bits per heavy atom. The van der Waals surface area contributed by atoms with E-state index < -0.39 is 56.1 Å². The lowest BCUT2D eigenvalue weighted by molar-refractivity contribution is -0.239. The normalized spacial score (nSPS) is 19.4. The molecule has 12 rings (SSSR count). The number of nitrogen functional groups attached to an aromatic ring is 1. The van der Waals surface area contributed by atoms with Crippen molar-refractivity contribution in [2.75, 3.05) is 126 Å². The predicted molar refractivity (Wildman–Crippen MR) is 351 cm³/mol. The van der Waals surface area contributed by atoms with Gasteiger partial charge in [0.05, 0.1) is 126 Å². The number of likely N-dealkylation sites (tertiary alicyclic amines) is 3. The van der Waals surface area contributed by atoms with Crippen LogP contribution in [0, 0.1) is 0 Å². The van der Waals surface area contributed by atoms with E-state index in [1.165, 1.54) is 11.3 Å². The number of hydrogen-bond acceptors (Lipinski definition) is 21. The molecule has 0 aliphatic carbocycles. The van der Waals surface area contributed by atoms with Gasteiger partial charge in [-0.3, -0.25) is 24.1 Å². The number of nitrogens with zero attached hydrogens (tertiary/aromatic N) is 8. The second kappa shape index (κ2) is 32.0. The van der Waals surface area contributed by atoms with Crippen LogP contribution < -0.4 is 39.5 Å². The molecule has 0 bridgehead atoms. The van der Waals surface area contributed by atoms with E-state index in [9.17, 15) is 46.1 Å². The summed E-state index contributed by atoms with van der Waals surface area (Å²) in [6.07, 6.45) is 4.35. The van der Waals surface area contributed by atoms with Gasteiger partial charge in [0.15, 0.2) is 5.78 Å². The van der Waals surface area contributed by atoms with Crippen LogP contribution in [-0.2, 0) is 84.1 Å². The molecule has 9 fully saturated rings. The zero-order chi connectivity index (χ0) is 70.1. The first kappa shape index (κ1) is 80.1. The molecule has 9 saturated heterocycles. The molecule has 0 atom stereocenters. The maximum absolute atomic E-state index is 11.9. The number of carbonyl (C=O) groups excluding carboxylic acids is 6. The molecular weight excluding hydrogens is 1440 g/mol. The summed E-state index contributed by atoms with van der Waals surface area (Å²) in [5, 5.41) is 0. The number of amides is 3. The van der Waals surface area contributed by atoms with Gasteiger partial charge in [0.25, 0.3) is 0 Å². The molecule has 9 aliphatic rings.